The largest absolute Gasteiger partial charge is 0.507 e. The zero-order valence-electron chi connectivity index (χ0n) is 9.39. The molecule has 0 bridgehead atoms. The number of aliphatic carboxylic acids is 1. The van der Waals surface area contributed by atoms with Gasteiger partial charge in [0.15, 0.2) is 0 Å². The number of carbonyl (C=O) groups excluding carboxylic acids is 1. The van der Waals surface area contributed by atoms with E-state index < -0.39 is 17.9 Å². The minimum Gasteiger partial charge on any atom is -0.507 e. The van der Waals surface area contributed by atoms with Crippen molar-refractivity contribution >= 4 is 23.5 Å². The average Bonchev–Trinajstić information content (AvgIpc) is 2.31. The summed E-state index contributed by atoms with van der Waals surface area (Å²) in [6.45, 7) is 3.41. The fraction of sp³-hybridized carbons (Fsp3) is 0.167. The lowest BCUT2D eigenvalue weighted by molar-refractivity contribution is -0.139. The minimum absolute atomic E-state index is 0.0715. The van der Waals surface area contributed by atoms with Gasteiger partial charge in [0.2, 0.25) is 0 Å². The first kappa shape index (κ1) is 14.1. The highest BCUT2D eigenvalue weighted by Gasteiger charge is 2.20. The van der Waals surface area contributed by atoms with Crippen LogP contribution in [0.25, 0.3) is 0 Å². The van der Waals surface area contributed by atoms with Gasteiger partial charge >= 0.3 is 5.97 Å². The molecular weight excluding hydrogens is 258 g/mol. The number of hydrogen-bond acceptors (Lipinski definition) is 3. The minimum atomic E-state index is -1.18. The van der Waals surface area contributed by atoms with Gasteiger partial charge in [0, 0.05) is 5.02 Å². The Balaban J connectivity index is 2.89. The molecule has 0 fully saturated rings. The van der Waals surface area contributed by atoms with Crippen LogP contribution in [0.4, 0.5) is 0 Å². The van der Waals surface area contributed by atoms with Crippen molar-refractivity contribution in [3.05, 3.63) is 41.4 Å². The van der Waals surface area contributed by atoms with Gasteiger partial charge in [-0.2, -0.15) is 0 Å². The number of aromatic hydroxyl groups is 1. The predicted octanol–water partition coefficient (Wildman–Crippen LogP) is 1.80. The Hall–Kier alpha value is -2.01. The summed E-state index contributed by atoms with van der Waals surface area (Å²) in [7, 11) is 0. The third-order valence-corrected chi connectivity index (χ3v) is 2.44. The number of hydrogen-bond donors (Lipinski definition) is 3. The number of halogens is 1. The van der Waals surface area contributed by atoms with Gasteiger partial charge in [0.25, 0.3) is 5.91 Å². The molecule has 1 atom stereocenters. The fourth-order valence-corrected chi connectivity index (χ4v) is 1.49. The Morgan fingerprint density at radius 1 is 1.50 bits per heavy atom. The fourth-order valence-electron chi connectivity index (χ4n) is 1.31. The van der Waals surface area contributed by atoms with Crippen molar-refractivity contribution in [1.29, 1.82) is 0 Å². The van der Waals surface area contributed by atoms with E-state index in [1.54, 1.807) is 0 Å². The highest BCUT2D eigenvalue weighted by atomic mass is 35.5. The number of carboxylic acids is 1. The highest BCUT2D eigenvalue weighted by Crippen LogP contribution is 2.21. The summed E-state index contributed by atoms with van der Waals surface area (Å²) in [6, 6.07) is 2.86. The molecule has 0 saturated heterocycles. The smallest absolute Gasteiger partial charge is 0.326 e. The van der Waals surface area contributed by atoms with Crippen molar-refractivity contribution < 1.29 is 19.8 Å². The molecule has 0 aliphatic rings. The van der Waals surface area contributed by atoms with E-state index in [9.17, 15) is 14.7 Å². The first-order valence-corrected chi connectivity index (χ1v) is 5.46. The number of nitrogens with one attached hydrogen (secondary N) is 1. The number of amides is 1. The van der Waals surface area contributed by atoms with E-state index in [1.807, 2.05) is 0 Å². The molecule has 0 saturated carbocycles. The Morgan fingerprint density at radius 3 is 2.72 bits per heavy atom. The Morgan fingerprint density at radius 2 is 2.17 bits per heavy atom. The number of carboxylic acid groups (broad SMARTS) is 1. The second kappa shape index (κ2) is 6.07. The van der Waals surface area contributed by atoms with Crippen molar-refractivity contribution in [1.82, 2.24) is 5.32 Å². The topological polar surface area (TPSA) is 86.6 Å². The van der Waals surface area contributed by atoms with Crippen molar-refractivity contribution in [2.45, 2.75) is 12.5 Å². The maximum Gasteiger partial charge on any atom is 0.326 e. The second-order valence-electron chi connectivity index (χ2n) is 3.55. The van der Waals surface area contributed by atoms with Crippen LogP contribution in [0.3, 0.4) is 0 Å². The molecule has 1 amide bonds. The van der Waals surface area contributed by atoms with Crippen LogP contribution in [-0.4, -0.2) is 28.1 Å². The lowest BCUT2D eigenvalue weighted by Crippen LogP contribution is -2.40. The molecule has 0 aliphatic heterocycles. The number of phenolic OH excluding ortho intramolecular Hbond substituents is 1. The van der Waals surface area contributed by atoms with Gasteiger partial charge in [0.05, 0.1) is 5.56 Å². The molecule has 1 unspecified atom stereocenters. The van der Waals surface area contributed by atoms with E-state index in [0.29, 0.717) is 0 Å². The predicted molar refractivity (Wildman–Crippen MR) is 66.8 cm³/mol. The number of rotatable bonds is 5. The van der Waals surface area contributed by atoms with Crippen molar-refractivity contribution in [3.63, 3.8) is 0 Å². The van der Waals surface area contributed by atoms with Crippen LogP contribution < -0.4 is 5.32 Å². The van der Waals surface area contributed by atoms with E-state index in [-0.39, 0.29) is 22.8 Å². The first-order chi connectivity index (χ1) is 8.45. The maximum atomic E-state index is 11.8. The second-order valence-corrected chi connectivity index (χ2v) is 3.99. The summed E-state index contributed by atoms with van der Waals surface area (Å²) < 4.78 is 0. The SMILES string of the molecule is C=CCC(NC(=O)c1cc(Cl)ccc1O)C(=O)O. The molecule has 0 heterocycles. The zero-order valence-corrected chi connectivity index (χ0v) is 10.1. The molecule has 18 heavy (non-hydrogen) atoms. The van der Waals surface area contributed by atoms with E-state index >= 15 is 0 Å². The number of benzene rings is 1. The Kier molecular flexibility index (Phi) is 4.74. The molecule has 6 heteroatoms. The molecule has 0 radical (unpaired) electrons. The van der Waals surface area contributed by atoms with E-state index in [2.05, 4.69) is 11.9 Å². The molecular formula is C12H12ClNO4. The molecule has 1 aromatic rings. The Bertz CT molecular complexity index is 487. The van der Waals surface area contributed by atoms with E-state index in [4.69, 9.17) is 16.7 Å². The molecule has 0 spiro atoms. The normalized spacial score (nSPS) is 11.6. The third-order valence-electron chi connectivity index (χ3n) is 2.21. The lowest BCUT2D eigenvalue weighted by Gasteiger charge is -2.13. The van der Waals surface area contributed by atoms with Gasteiger partial charge in [-0.3, -0.25) is 4.79 Å². The molecule has 1 rings (SSSR count). The van der Waals surface area contributed by atoms with Crippen LogP contribution >= 0.6 is 11.6 Å². The van der Waals surface area contributed by atoms with Crippen LogP contribution in [0, 0.1) is 0 Å². The summed E-state index contributed by atoms with van der Waals surface area (Å²) in [5.74, 6) is -2.14. The molecule has 3 N–H and O–H groups in total. The van der Waals surface area contributed by atoms with Gasteiger partial charge < -0.3 is 15.5 Å². The molecule has 0 aliphatic carbocycles. The maximum absolute atomic E-state index is 11.8. The van der Waals surface area contributed by atoms with Crippen molar-refractivity contribution in [3.8, 4) is 5.75 Å². The van der Waals surface area contributed by atoms with Crippen LogP contribution in [0.15, 0.2) is 30.9 Å². The van der Waals surface area contributed by atoms with E-state index in [0.717, 1.165) is 0 Å². The summed E-state index contributed by atoms with van der Waals surface area (Å²) in [4.78, 5) is 22.6. The highest BCUT2D eigenvalue weighted by molar-refractivity contribution is 6.31. The first-order valence-electron chi connectivity index (χ1n) is 5.08. The van der Waals surface area contributed by atoms with Crippen molar-refractivity contribution in [2.24, 2.45) is 0 Å². The van der Waals surface area contributed by atoms with E-state index in [1.165, 1.54) is 24.3 Å². The average molecular weight is 270 g/mol. The number of carbonyl (C=O) groups is 2. The van der Waals surface area contributed by atoms with Crippen LogP contribution in [0.2, 0.25) is 5.02 Å². The molecule has 1 aromatic carbocycles. The quantitative estimate of drug-likeness (QED) is 0.712. The van der Waals surface area contributed by atoms with Gasteiger partial charge in [-0.25, -0.2) is 4.79 Å². The van der Waals surface area contributed by atoms with Crippen LogP contribution in [0.1, 0.15) is 16.8 Å². The van der Waals surface area contributed by atoms with Crippen LogP contribution in [0.5, 0.6) is 5.75 Å². The summed E-state index contributed by atoms with van der Waals surface area (Å²) in [6.07, 6.45) is 1.47. The monoisotopic (exact) mass is 269 g/mol. The molecule has 96 valence electrons. The molecule has 0 aromatic heterocycles. The van der Waals surface area contributed by atoms with Crippen molar-refractivity contribution in [2.75, 3.05) is 0 Å². The van der Waals surface area contributed by atoms with Gasteiger partial charge in [-0.05, 0) is 24.6 Å². The number of phenols is 1. The summed E-state index contributed by atoms with van der Waals surface area (Å²) in [5, 5.41) is 20.9. The van der Waals surface area contributed by atoms with Crippen LogP contribution in [-0.2, 0) is 4.79 Å². The standard InChI is InChI=1S/C12H12ClNO4/c1-2-3-9(12(17)18)14-11(16)8-6-7(13)4-5-10(8)15/h2,4-6,9,15H,1,3H2,(H,14,16)(H,17,18). The molecule has 5 nitrogen and oxygen atoms in total. The lowest BCUT2D eigenvalue weighted by atomic mass is 10.1. The van der Waals surface area contributed by atoms with Gasteiger partial charge in [0.1, 0.15) is 11.8 Å². The third kappa shape index (κ3) is 3.49. The Labute approximate surface area is 109 Å². The van der Waals surface area contributed by atoms with Gasteiger partial charge in [-0.1, -0.05) is 17.7 Å². The summed E-state index contributed by atoms with van der Waals surface area (Å²) >= 11 is 5.70. The summed E-state index contributed by atoms with van der Waals surface area (Å²) in [5.41, 5.74) is -0.0715. The van der Waals surface area contributed by atoms with Gasteiger partial charge in [-0.15, -0.1) is 6.58 Å². The zero-order chi connectivity index (χ0) is 13.7.